The number of aryl methyl sites for hydroxylation is 1. The summed E-state index contributed by atoms with van der Waals surface area (Å²) >= 11 is 1.61. The molecule has 2 aliphatic heterocycles. The number of urea groups is 1. The molecule has 33 heavy (non-hydrogen) atoms. The van der Waals surface area contributed by atoms with Gasteiger partial charge in [0.25, 0.3) is 5.91 Å². The van der Waals surface area contributed by atoms with E-state index < -0.39 is 21.6 Å². The molecule has 3 amide bonds. The van der Waals surface area contributed by atoms with Gasteiger partial charge in [0.15, 0.2) is 0 Å². The SMILES string of the molecule is N#Cc1ccccc1S(=O)(=O)N1CCN(CN2C(=O)N[C@@]3(CCCc4sccc43)C2=O)CC1. The number of carbonyl (C=O) groups excluding carboxylic acids is 2. The van der Waals surface area contributed by atoms with Gasteiger partial charge in [0.1, 0.15) is 11.6 Å². The highest BCUT2D eigenvalue weighted by Gasteiger charge is 2.54. The molecule has 1 atom stereocenters. The first-order valence-electron chi connectivity index (χ1n) is 10.8. The van der Waals surface area contributed by atoms with Crippen molar-refractivity contribution in [2.24, 2.45) is 0 Å². The third-order valence-corrected chi connectivity index (χ3v) is 9.57. The number of benzene rings is 1. The average molecular weight is 486 g/mol. The van der Waals surface area contributed by atoms with Gasteiger partial charge in [-0.15, -0.1) is 11.3 Å². The molecule has 2 saturated heterocycles. The molecule has 1 aromatic heterocycles. The van der Waals surface area contributed by atoms with Gasteiger partial charge >= 0.3 is 6.03 Å². The number of nitrogens with zero attached hydrogens (tertiary/aromatic N) is 4. The maximum absolute atomic E-state index is 13.4. The van der Waals surface area contributed by atoms with E-state index in [9.17, 15) is 23.3 Å². The zero-order valence-corrected chi connectivity index (χ0v) is 19.5. The molecule has 11 heteroatoms. The van der Waals surface area contributed by atoms with E-state index in [1.165, 1.54) is 21.3 Å². The van der Waals surface area contributed by atoms with Crippen LogP contribution in [0, 0.1) is 11.3 Å². The van der Waals surface area contributed by atoms with Crippen LogP contribution < -0.4 is 5.32 Å². The number of imide groups is 1. The molecule has 1 aliphatic carbocycles. The van der Waals surface area contributed by atoms with Gasteiger partial charge in [-0.25, -0.2) is 18.1 Å². The highest BCUT2D eigenvalue weighted by molar-refractivity contribution is 7.89. The monoisotopic (exact) mass is 485 g/mol. The number of piperazine rings is 1. The second-order valence-electron chi connectivity index (χ2n) is 8.45. The van der Waals surface area contributed by atoms with Crippen LogP contribution in [0.2, 0.25) is 0 Å². The van der Waals surface area contributed by atoms with E-state index in [2.05, 4.69) is 5.32 Å². The summed E-state index contributed by atoms with van der Waals surface area (Å²) in [6.45, 7) is 1.30. The number of nitrogens with one attached hydrogen (secondary N) is 1. The molecule has 9 nitrogen and oxygen atoms in total. The van der Waals surface area contributed by atoms with Gasteiger partial charge in [0.2, 0.25) is 10.0 Å². The Morgan fingerprint density at radius 3 is 2.64 bits per heavy atom. The highest BCUT2D eigenvalue weighted by Crippen LogP contribution is 2.42. The summed E-state index contributed by atoms with van der Waals surface area (Å²) < 4.78 is 27.4. The first kappa shape index (κ1) is 22.0. The van der Waals surface area contributed by atoms with Crippen LogP contribution in [0.5, 0.6) is 0 Å². The quantitative estimate of drug-likeness (QED) is 0.659. The Kier molecular flexibility index (Phi) is 5.49. The first-order chi connectivity index (χ1) is 15.9. The lowest BCUT2D eigenvalue weighted by Gasteiger charge is -2.36. The number of hydrogen-bond acceptors (Lipinski definition) is 7. The van der Waals surface area contributed by atoms with Crippen molar-refractivity contribution < 1.29 is 18.0 Å². The standard InChI is InChI=1S/C22H23N5O4S2/c23-14-16-4-1-2-6-19(16)33(30,31)26-11-9-25(10-12-26)15-27-20(28)22(24-21(27)29)8-3-5-18-17(22)7-13-32-18/h1-2,4,6-7,13H,3,5,8-12,15H2,(H,24,29)/t22-/m1/s1. The van der Waals surface area contributed by atoms with Gasteiger partial charge in [0, 0.05) is 36.6 Å². The van der Waals surface area contributed by atoms with Gasteiger partial charge in [0.05, 0.1) is 17.1 Å². The molecule has 1 aromatic carbocycles. The largest absolute Gasteiger partial charge is 0.326 e. The normalized spacial score (nSPS) is 24.0. The predicted molar refractivity (Wildman–Crippen MR) is 121 cm³/mol. The van der Waals surface area contributed by atoms with Gasteiger partial charge in [-0.2, -0.15) is 9.57 Å². The van der Waals surface area contributed by atoms with Crippen molar-refractivity contribution in [2.45, 2.75) is 29.7 Å². The Morgan fingerprint density at radius 2 is 1.88 bits per heavy atom. The first-order valence-corrected chi connectivity index (χ1v) is 13.1. The van der Waals surface area contributed by atoms with Crippen molar-refractivity contribution >= 4 is 33.3 Å². The number of amides is 3. The Bertz CT molecular complexity index is 1260. The summed E-state index contributed by atoms with van der Waals surface area (Å²) in [6, 6.07) is 9.62. The molecular weight excluding hydrogens is 462 g/mol. The molecule has 1 spiro atoms. The fourth-order valence-electron chi connectivity index (χ4n) is 4.90. The van der Waals surface area contributed by atoms with Crippen LogP contribution in [0.1, 0.15) is 28.8 Å². The summed E-state index contributed by atoms with van der Waals surface area (Å²) in [4.78, 5) is 30.5. The lowest BCUT2D eigenvalue weighted by atomic mass is 9.80. The van der Waals surface area contributed by atoms with Crippen LogP contribution in [-0.2, 0) is 26.8 Å². The van der Waals surface area contributed by atoms with Crippen molar-refractivity contribution in [3.05, 3.63) is 51.7 Å². The van der Waals surface area contributed by atoms with Crippen molar-refractivity contribution in [3.63, 3.8) is 0 Å². The van der Waals surface area contributed by atoms with Crippen LogP contribution in [-0.4, -0.2) is 67.3 Å². The number of carbonyl (C=O) groups is 2. The molecule has 1 N–H and O–H groups in total. The molecule has 172 valence electrons. The number of hydrogen-bond donors (Lipinski definition) is 1. The molecule has 2 aromatic rings. The van der Waals surface area contributed by atoms with Gasteiger partial charge in [-0.05, 0) is 42.8 Å². The third kappa shape index (κ3) is 3.54. The number of nitriles is 1. The van der Waals surface area contributed by atoms with Crippen molar-refractivity contribution in [1.82, 2.24) is 19.4 Å². The summed E-state index contributed by atoms with van der Waals surface area (Å²) in [5.41, 5.74) is 0.0492. The van der Waals surface area contributed by atoms with E-state index in [0.29, 0.717) is 19.5 Å². The van der Waals surface area contributed by atoms with Crippen LogP contribution >= 0.6 is 11.3 Å². The van der Waals surface area contributed by atoms with E-state index in [0.717, 1.165) is 23.3 Å². The molecule has 0 saturated carbocycles. The Morgan fingerprint density at radius 1 is 1.12 bits per heavy atom. The van der Waals surface area contributed by atoms with E-state index in [1.54, 1.807) is 23.5 Å². The Labute approximate surface area is 196 Å². The number of rotatable bonds is 4. The minimum Gasteiger partial charge on any atom is -0.319 e. The van der Waals surface area contributed by atoms with Crippen molar-refractivity contribution in [2.75, 3.05) is 32.8 Å². The molecule has 0 unspecified atom stereocenters. The number of thiophene rings is 1. The van der Waals surface area contributed by atoms with Crippen LogP contribution in [0.3, 0.4) is 0 Å². The molecule has 0 bridgehead atoms. The van der Waals surface area contributed by atoms with E-state index in [1.807, 2.05) is 22.4 Å². The van der Waals surface area contributed by atoms with Crippen LogP contribution in [0.25, 0.3) is 0 Å². The maximum Gasteiger partial charge on any atom is 0.326 e. The lowest BCUT2D eigenvalue weighted by Crippen LogP contribution is -2.53. The molecule has 3 aliphatic rings. The van der Waals surface area contributed by atoms with Crippen LogP contribution in [0.4, 0.5) is 4.79 Å². The number of fused-ring (bicyclic) bond motifs is 2. The van der Waals surface area contributed by atoms with Gasteiger partial charge in [-0.3, -0.25) is 9.69 Å². The fraction of sp³-hybridized carbons (Fsp3) is 0.409. The maximum atomic E-state index is 13.4. The van der Waals surface area contributed by atoms with Crippen molar-refractivity contribution in [3.8, 4) is 6.07 Å². The molecule has 2 fully saturated rings. The molecule has 3 heterocycles. The lowest BCUT2D eigenvalue weighted by molar-refractivity contribution is -0.133. The topological polar surface area (TPSA) is 114 Å². The summed E-state index contributed by atoms with van der Waals surface area (Å²) in [5, 5.41) is 14.2. The van der Waals surface area contributed by atoms with E-state index >= 15 is 0 Å². The van der Waals surface area contributed by atoms with Gasteiger partial charge in [-0.1, -0.05) is 12.1 Å². The van der Waals surface area contributed by atoms with Crippen molar-refractivity contribution in [1.29, 1.82) is 5.26 Å². The second-order valence-corrected chi connectivity index (χ2v) is 11.4. The zero-order valence-electron chi connectivity index (χ0n) is 17.9. The smallest absolute Gasteiger partial charge is 0.319 e. The average Bonchev–Trinajstić information content (AvgIpc) is 3.40. The Balaban J connectivity index is 1.27. The third-order valence-electron chi connectivity index (χ3n) is 6.63. The van der Waals surface area contributed by atoms with E-state index in [4.69, 9.17) is 0 Å². The fourth-order valence-corrected chi connectivity index (χ4v) is 7.47. The summed E-state index contributed by atoms with van der Waals surface area (Å²) in [7, 11) is -3.80. The van der Waals surface area contributed by atoms with Crippen LogP contribution in [0.15, 0.2) is 40.6 Å². The number of sulfonamides is 1. The zero-order chi connectivity index (χ0) is 23.2. The van der Waals surface area contributed by atoms with Gasteiger partial charge < -0.3 is 5.32 Å². The minimum atomic E-state index is -3.80. The molecule has 5 rings (SSSR count). The minimum absolute atomic E-state index is 0.000792. The summed E-state index contributed by atoms with van der Waals surface area (Å²) in [5.74, 6) is -0.232. The molecule has 0 radical (unpaired) electrons. The summed E-state index contributed by atoms with van der Waals surface area (Å²) in [6.07, 6.45) is 2.35. The second kappa shape index (κ2) is 8.22. The predicted octanol–water partition coefficient (Wildman–Crippen LogP) is 1.67. The molecular formula is C22H23N5O4S2. The van der Waals surface area contributed by atoms with E-state index in [-0.39, 0.29) is 36.1 Å². The Hall–Kier alpha value is -2.78. The highest BCUT2D eigenvalue weighted by atomic mass is 32.2.